The van der Waals surface area contributed by atoms with Crippen LogP contribution in [0.3, 0.4) is 0 Å². The summed E-state index contributed by atoms with van der Waals surface area (Å²) in [5.41, 5.74) is 2.14. The van der Waals surface area contributed by atoms with Crippen LogP contribution in [0.4, 0.5) is 5.69 Å². The van der Waals surface area contributed by atoms with E-state index < -0.39 is 23.3 Å². The summed E-state index contributed by atoms with van der Waals surface area (Å²) in [5.74, 6) is -1.34. The number of para-hydroxylation sites is 2. The van der Waals surface area contributed by atoms with Gasteiger partial charge in [0.15, 0.2) is 17.2 Å². The second-order valence-electron chi connectivity index (χ2n) is 8.28. The number of nitrogens with one attached hydrogen (secondary N) is 1. The number of ketones is 1. The normalized spacial score (nSPS) is 13.6. The molecule has 0 radical (unpaired) electrons. The molecule has 8 heteroatoms. The van der Waals surface area contributed by atoms with Gasteiger partial charge in [0.25, 0.3) is 0 Å². The highest BCUT2D eigenvalue weighted by Gasteiger charge is 2.34. The van der Waals surface area contributed by atoms with Gasteiger partial charge in [0.1, 0.15) is 17.0 Å². The van der Waals surface area contributed by atoms with E-state index in [1.54, 1.807) is 38.1 Å². The van der Waals surface area contributed by atoms with Crippen molar-refractivity contribution >= 4 is 23.4 Å². The minimum absolute atomic E-state index is 0.0953. The Hall–Kier alpha value is -4.59. The van der Waals surface area contributed by atoms with Crippen LogP contribution in [-0.4, -0.2) is 31.9 Å². The molecule has 36 heavy (non-hydrogen) atoms. The van der Waals surface area contributed by atoms with E-state index in [0.29, 0.717) is 28.3 Å². The lowest BCUT2D eigenvalue weighted by Crippen LogP contribution is -2.31. The first kappa shape index (κ1) is 24.5. The highest BCUT2D eigenvalue weighted by Crippen LogP contribution is 2.34. The monoisotopic (exact) mass is 487 g/mol. The summed E-state index contributed by atoms with van der Waals surface area (Å²) in [6.07, 6.45) is 0. The molecular formula is C28H25NO7. The Morgan fingerprint density at radius 3 is 2.19 bits per heavy atom. The third-order valence-corrected chi connectivity index (χ3v) is 5.68. The molecule has 0 saturated heterocycles. The SMILES string of the molecule is COc1ccc(C(=O)C(C(=O)Oc2c(C)cc(C)cc2C)=C2Nc3ccccc3OC2=O)cc1OC. The summed E-state index contributed by atoms with van der Waals surface area (Å²) in [4.78, 5) is 40.2. The van der Waals surface area contributed by atoms with Gasteiger partial charge in [-0.15, -0.1) is 0 Å². The molecule has 0 unspecified atom stereocenters. The molecule has 4 rings (SSSR count). The lowest BCUT2D eigenvalue weighted by Gasteiger charge is -2.22. The van der Waals surface area contributed by atoms with Crippen molar-refractivity contribution in [3.63, 3.8) is 0 Å². The van der Waals surface area contributed by atoms with Crippen LogP contribution in [0.5, 0.6) is 23.0 Å². The first-order valence-corrected chi connectivity index (χ1v) is 11.1. The molecule has 0 amide bonds. The fourth-order valence-corrected chi connectivity index (χ4v) is 4.06. The van der Waals surface area contributed by atoms with Crippen LogP contribution in [-0.2, 0) is 9.59 Å². The third-order valence-electron chi connectivity index (χ3n) is 5.68. The molecule has 184 valence electrons. The summed E-state index contributed by atoms with van der Waals surface area (Å²) in [7, 11) is 2.90. The lowest BCUT2D eigenvalue weighted by atomic mass is 9.99. The van der Waals surface area contributed by atoms with E-state index in [9.17, 15) is 14.4 Å². The predicted molar refractivity (Wildman–Crippen MR) is 133 cm³/mol. The van der Waals surface area contributed by atoms with Crippen LogP contribution < -0.4 is 24.3 Å². The number of carbonyl (C=O) groups excluding carboxylic acids is 3. The quantitative estimate of drug-likeness (QED) is 0.133. The van der Waals surface area contributed by atoms with Gasteiger partial charge in [0.05, 0.1) is 19.9 Å². The van der Waals surface area contributed by atoms with Gasteiger partial charge in [-0.05, 0) is 62.2 Å². The van der Waals surface area contributed by atoms with E-state index >= 15 is 0 Å². The molecule has 8 nitrogen and oxygen atoms in total. The number of hydrogen-bond acceptors (Lipinski definition) is 8. The molecule has 1 aliphatic rings. The number of ether oxygens (including phenoxy) is 4. The van der Waals surface area contributed by atoms with E-state index in [2.05, 4.69) is 5.32 Å². The Morgan fingerprint density at radius 2 is 1.53 bits per heavy atom. The molecule has 0 aliphatic carbocycles. The maximum absolute atomic E-state index is 13.7. The van der Waals surface area contributed by atoms with Crippen LogP contribution in [0.1, 0.15) is 27.0 Å². The van der Waals surface area contributed by atoms with Gasteiger partial charge in [-0.25, -0.2) is 9.59 Å². The molecule has 0 aromatic heterocycles. The number of methoxy groups -OCH3 is 2. The van der Waals surface area contributed by atoms with Crippen molar-refractivity contribution in [2.24, 2.45) is 0 Å². The molecule has 1 N–H and O–H groups in total. The van der Waals surface area contributed by atoms with Crippen LogP contribution in [0.25, 0.3) is 0 Å². The number of fused-ring (bicyclic) bond motifs is 1. The predicted octanol–water partition coefficient (Wildman–Crippen LogP) is 4.70. The zero-order valence-electron chi connectivity index (χ0n) is 20.6. The molecule has 3 aromatic carbocycles. The number of Topliss-reactive ketones (excluding diaryl/α,β-unsaturated/α-hetero) is 1. The fourth-order valence-electron chi connectivity index (χ4n) is 4.06. The van der Waals surface area contributed by atoms with Crippen molar-refractivity contribution in [1.82, 2.24) is 0 Å². The van der Waals surface area contributed by atoms with E-state index in [-0.39, 0.29) is 22.8 Å². The molecule has 0 saturated carbocycles. The van der Waals surface area contributed by atoms with Crippen LogP contribution in [0.15, 0.2) is 65.9 Å². The second kappa shape index (κ2) is 9.95. The van der Waals surface area contributed by atoms with Gasteiger partial charge in [0.2, 0.25) is 5.78 Å². The number of esters is 2. The van der Waals surface area contributed by atoms with Crippen LogP contribution >= 0.6 is 0 Å². The molecule has 0 fully saturated rings. The average Bonchev–Trinajstić information content (AvgIpc) is 2.86. The van der Waals surface area contributed by atoms with E-state index in [1.807, 2.05) is 19.1 Å². The van der Waals surface area contributed by atoms with Crippen molar-refractivity contribution in [3.05, 3.63) is 88.1 Å². The number of anilines is 1. The zero-order chi connectivity index (χ0) is 26.0. The van der Waals surface area contributed by atoms with E-state index in [4.69, 9.17) is 18.9 Å². The largest absolute Gasteiger partial charge is 0.493 e. The minimum Gasteiger partial charge on any atom is -0.493 e. The van der Waals surface area contributed by atoms with Crippen molar-refractivity contribution < 1.29 is 33.3 Å². The van der Waals surface area contributed by atoms with Crippen molar-refractivity contribution in [2.75, 3.05) is 19.5 Å². The van der Waals surface area contributed by atoms with Gasteiger partial charge in [0, 0.05) is 5.56 Å². The molecule has 0 atom stereocenters. The lowest BCUT2D eigenvalue weighted by molar-refractivity contribution is -0.133. The van der Waals surface area contributed by atoms with Gasteiger partial charge in [-0.2, -0.15) is 0 Å². The Labute approximate surface area is 208 Å². The van der Waals surface area contributed by atoms with Crippen molar-refractivity contribution in [2.45, 2.75) is 20.8 Å². The Kier molecular flexibility index (Phi) is 6.78. The first-order valence-electron chi connectivity index (χ1n) is 11.1. The number of hydrogen-bond donors (Lipinski definition) is 1. The summed E-state index contributed by atoms with van der Waals surface area (Å²) in [5, 5.41) is 2.88. The van der Waals surface area contributed by atoms with Crippen molar-refractivity contribution in [3.8, 4) is 23.0 Å². The van der Waals surface area contributed by atoms with Crippen LogP contribution in [0.2, 0.25) is 0 Å². The van der Waals surface area contributed by atoms with E-state index in [1.165, 1.54) is 32.4 Å². The topological polar surface area (TPSA) is 100 Å². The Bertz CT molecular complexity index is 1400. The standard InChI is InChI=1S/C28H25NO7/c1-15-12-16(2)26(17(3)13-15)36-27(31)23(24-28(32)35-20-9-7-6-8-19(20)29-24)25(30)18-10-11-21(33-4)22(14-18)34-5/h6-14,29H,1-5H3. The fraction of sp³-hybridized carbons (Fsp3) is 0.179. The second-order valence-corrected chi connectivity index (χ2v) is 8.28. The van der Waals surface area contributed by atoms with Crippen LogP contribution in [0, 0.1) is 20.8 Å². The number of benzene rings is 3. The zero-order valence-corrected chi connectivity index (χ0v) is 20.6. The van der Waals surface area contributed by atoms with Crippen molar-refractivity contribution in [1.29, 1.82) is 0 Å². The summed E-state index contributed by atoms with van der Waals surface area (Å²) in [6.45, 7) is 5.53. The maximum atomic E-state index is 13.7. The maximum Gasteiger partial charge on any atom is 0.361 e. The highest BCUT2D eigenvalue weighted by atomic mass is 16.5. The van der Waals surface area contributed by atoms with Gasteiger partial charge >= 0.3 is 11.9 Å². The molecular weight excluding hydrogens is 462 g/mol. The van der Waals surface area contributed by atoms with Gasteiger partial charge in [-0.3, -0.25) is 4.79 Å². The Balaban J connectivity index is 1.84. The van der Waals surface area contributed by atoms with E-state index in [0.717, 1.165) is 5.56 Å². The molecule has 3 aromatic rings. The summed E-state index contributed by atoms with van der Waals surface area (Å²) in [6, 6.07) is 14.9. The molecule has 0 spiro atoms. The third kappa shape index (κ3) is 4.65. The molecule has 1 aliphatic heterocycles. The average molecular weight is 488 g/mol. The smallest absolute Gasteiger partial charge is 0.361 e. The summed E-state index contributed by atoms with van der Waals surface area (Å²) < 4.78 is 21.6. The highest BCUT2D eigenvalue weighted by molar-refractivity contribution is 6.28. The number of aryl methyl sites for hydroxylation is 3. The summed E-state index contributed by atoms with van der Waals surface area (Å²) >= 11 is 0. The minimum atomic E-state index is -0.997. The van der Waals surface area contributed by atoms with Gasteiger partial charge < -0.3 is 24.3 Å². The molecule has 0 bridgehead atoms. The number of rotatable bonds is 6. The Morgan fingerprint density at radius 1 is 0.861 bits per heavy atom. The molecule has 1 heterocycles. The first-order chi connectivity index (χ1) is 17.2. The number of carbonyl (C=O) groups is 3. The van der Waals surface area contributed by atoms with Gasteiger partial charge in [-0.1, -0.05) is 29.8 Å².